The first-order valence-electron chi connectivity index (χ1n) is 8.62. The summed E-state index contributed by atoms with van der Waals surface area (Å²) >= 11 is 0. The van der Waals surface area contributed by atoms with Crippen LogP contribution in [-0.2, 0) is 6.67 Å². The van der Waals surface area contributed by atoms with E-state index in [1.807, 2.05) is 18.4 Å². The van der Waals surface area contributed by atoms with Crippen molar-refractivity contribution in [3.63, 3.8) is 0 Å². The summed E-state index contributed by atoms with van der Waals surface area (Å²) in [5.74, 6) is 0.770. The van der Waals surface area contributed by atoms with Crippen molar-refractivity contribution in [2.45, 2.75) is 53.2 Å². The maximum atomic E-state index is 12.8. The molecule has 1 aliphatic carbocycles. The number of aryl methyl sites for hydroxylation is 3. The molecule has 4 rings (SSSR count). The van der Waals surface area contributed by atoms with E-state index in [1.54, 1.807) is 0 Å². The Balaban J connectivity index is 1.89. The molecule has 1 fully saturated rings. The van der Waals surface area contributed by atoms with Gasteiger partial charge in [0.05, 0.1) is 13.3 Å². The summed E-state index contributed by atoms with van der Waals surface area (Å²) in [7, 11) is 0. The summed E-state index contributed by atoms with van der Waals surface area (Å²) in [6.07, 6.45) is 2.45. The number of fused-ring (bicyclic) bond motifs is 1. The van der Waals surface area contributed by atoms with Crippen molar-refractivity contribution < 1.29 is 0 Å². The summed E-state index contributed by atoms with van der Waals surface area (Å²) in [5, 5.41) is 0. The summed E-state index contributed by atoms with van der Waals surface area (Å²) in [6, 6.07) is 7.06. The molecule has 1 aromatic heterocycles. The number of rotatable bonds is 2. The Labute approximate surface area is 142 Å². The third-order valence-corrected chi connectivity index (χ3v) is 5.21. The second-order valence-electron chi connectivity index (χ2n) is 7.18. The SMILES string of the molecule is Cc1ccc(N2CN(C3CC3)Cn3c2nc(C)c(C)c3=O)c(C)c1. The third kappa shape index (κ3) is 2.44. The molecule has 1 aliphatic heterocycles. The minimum Gasteiger partial charge on any atom is -0.298 e. The van der Waals surface area contributed by atoms with E-state index in [-0.39, 0.29) is 5.56 Å². The van der Waals surface area contributed by atoms with E-state index in [2.05, 4.69) is 41.8 Å². The van der Waals surface area contributed by atoms with Crippen molar-refractivity contribution in [2.75, 3.05) is 11.6 Å². The van der Waals surface area contributed by atoms with E-state index in [0.717, 1.165) is 29.6 Å². The molecule has 1 saturated carbocycles. The normalized spacial score (nSPS) is 17.9. The molecule has 0 atom stereocenters. The van der Waals surface area contributed by atoms with Gasteiger partial charge in [0.15, 0.2) is 0 Å². The van der Waals surface area contributed by atoms with Gasteiger partial charge in [0.2, 0.25) is 5.95 Å². The molecule has 0 saturated heterocycles. The first-order chi connectivity index (χ1) is 11.5. The van der Waals surface area contributed by atoms with Gasteiger partial charge in [0, 0.05) is 23.0 Å². The number of hydrogen-bond acceptors (Lipinski definition) is 4. The zero-order valence-electron chi connectivity index (χ0n) is 14.8. The Morgan fingerprint density at radius 3 is 2.50 bits per heavy atom. The molecule has 0 amide bonds. The van der Waals surface area contributed by atoms with Gasteiger partial charge in [-0.1, -0.05) is 17.7 Å². The molecule has 2 heterocycles. The van der Waals surface area contributed by atoms with Gasteiger partial charge in [0.1, 0.15) is 0 Å². The van der Waals surface area contributed by atoms with Crippen molar-refractivity contribution in [3.05, 3.63) is 50.9 Å². The second-order valence-corrected chi connectivity index (χ2v) is 7.18. The summed E-state index contributed by atoms with van der Waals surface area (Å²) < 4.78 is 1.84. The van der Waals surface area contributed by atoms with Gasteiger partial charge in [-0.05, 0) is 52.2 Å². The number of aromatic nitrogens is 2. The molecule has 5 nitrogen and oxygen atoms in total. The molecule has 24 heavy (non-hydrogen) atoms. The van der Waals surface area contributed by atoms with Crippen molar-refractivity contribution in [1.29, 1.82) is 0 Å². The van der Waals surface area contributed by atoms with Crippen LogP contribution in [0.25, 0.3) is 0 Å². The quantitative estimate of drug-likeness (QED) is 0.851. The Bertz CT molecular complexity index is 866. The maximum Gasteiger partial charge on any atom is 0.259 e. The van der Waals surface area contributed by atoms with Crippen LogP contribution in [0.15, 0.2) is 23.0 Å². The maximum absolute atomic E-state index is 12.8. The second kappa shape index (κ2) is 5.45. The van der Waals surface area contributed by atoms with Gasteiger partial charge in [-0.25, -0.2) is 4.98 Å². The van der Waals surface area contributed by atoms with Crippen molar-refractivity contribution >= 4 is 11.6 Å². The molecule has 0 bridgehead atoms. The average Bonchev–Trinajstić information content (AvgIpc) is 3.37. The number of nitrogens with zero attached hydrogens (tertiary/aromatic N) is 4. The van der Waals surface area contributed by atoms with Crippen molar-refractivity contribution in [3.8, 4) is 0 Å². The van der Waals surface area contributed by atoms with Crippen LogP contribution in [0.1, 0.15) is 35.2 Å². The van der Waals surface area contributed by atoms with Gasteiger partial charge < -0.3 is 0 Å². The average molecular weight is 324 g/mol. The smallest absolute Gasteiger partial charge is 0.259 e. The third-order valence-electron chi connectivity index (χ3n) is 5.21. The van der Waals surface area contributed by atoms with Crippen molar-refractivity contribution in [2.24, 2.45) is 0 Å². The molecule has 0 radical (unpaired) electrons. The molecular formula is C19H24N4O. The molecule has 1 aromatic carbocycles. The summed E-state index contributed by atoms with van der Waals surface area (Å²) in [5.41, 5.74) is 5.25. The lowest BCUT2D eigenvalue weighted by molar-refractivity contribution is 0.188. The van der Waals surface area contributed by atoms with Crippen LogP contribution in [0.5, 0.6) is 0 Å². The molecular weight excluding hydrogens is 300 g/mol. The minimum absolute atomic E-state index is 0.0811. The zero-order valence-corrected chi connectivity index (χ0v) is 14.8. The highest BCUT2D eigenvalue weighted by Gasteiger charge is 2.36. The van der Waals surface area contributed by atoms with E-state index in [9.17, 15) is 4.79 Å². The van der Waals surface area contributed by atoms with E-state index >= 15 is 0 Å². The highest BCUT2D eigenvalue weighted by Crippen LogP contribution is 2.35. The van der Waals surface area contributed by atoms with Crippen LogP contribution in [0.4, 0.5) is 11.6 Å². The monoisotopic (exact) mass is 324 g/mol. The fourth-order valence-corrected chi connectivity index (χ4v) is 3.51. The molecule has 0 spiro atoms. The molecule has 0 unspecified atom stereocenters. The molecule has 126 valence electrons. The molecule has 2 aliphatic rings. The summed E-state index contributed by atoms with van der Waals surface area (Å²) in [4.78, 5) is 22.2. The largest absolute Gasteiger partial charge is 0.298 e. The summed E-state index contributed by atoms with van der Waals surface area (Å²) in [6.45, 7) is 9.47. The number of benzene rings is 1. The molecule has 0 N–H and O–H groups in total. The number of anilines is 2. The van der Waals surface area contributed by atoms with E-state index in [4.69, 9.17) is 4.98 Å². The van der Waals surface area contributed by atoms with Crippen LogP contribution >= 0.6 is 0 Å². The van der Waals surface area contributed by atoms with E-state index < -0.39 is 0 Å². The van der Waals surface area contributed by atoms with Crippen molar-refractivity contribution in [1.82, 2.24) is 14.5 Å². The van der Waals surface area contributed by atoms with Crippen LogP contribution < -0.4 is 10.5 Å². The predicted octanol–water partition coefficient (Wildman–Crippen LogP) is 3.01. The minimum atomic E-state index is 0.0811. The first-order valence-corrected chi connectivity index (χ1v) is 8.62. The van der Waals surface area contributed by atoms with Crippen LogP contribution in [0.2, 0.25) is 0 Å². The first kappa shape index (κ1) is 15.4. The lowest BCUT2D eigenvalue weighted by atomic mass is 10.1. The van der Waals surface area contributed by atoms with Crippen LogP contribution in [-0.4, -0.2) is 27.2 Å². The lowest BCUT2D eigenvalue weighted by Crippen LogP contribution is -2.48. The van der Waals surface area contributed by atoms with Crippen LogP contribution in [0, 0.1) is 27.7 Å². The fraction of sp³-hybridized carbons (Fsp3) is 0.474. The lowest BCUT2D eigenvalue weighted by Gasteiger charge is -2.39. The predicted molar refractivity (Wildman–Crippen MR) is 95.8 cm³/mol. The standard InChI is InChI=1S/C19H24N4O/c1-12-5-8-17(13(2)9-12)22-10-21(16-6-7-16)11-23-18(24)14(3)15(4)20-19(22)23/h5,8-9,16H,6-7,10-11H2,1-4H3. The van der Waals surface area contributed by atoms with Crippen LogP contribution in [0.3, 0.4) is 0 Å². The zero-order chi connectivity index (χ0) is 17.0. The Hall–Kier alpha value is -2.14. The van der Waals surface area contributed by atoms with E-state index in [1.165, 1.54) is 24.0 Å². The Morgan fingerprint density at radius 1 is 1.08 bits per heavy atom. The highest BCUT2D eigenvalue weighted by molar-refractivity contribution is 5.63. The highest BCUT2D eigenvalue weighted by atomic mass is 16.1. The van der Waals surface area contributed by atoms with E-state index in [0.29, 0.717) is 12.7 Å². The Kier molecular flexibility index (Phi) is 3.49. The van der Waals surface area contributed by atoms with Gasteiger partial charge in [0.25, 0.3) is 5.56 Å². The van der Waals surface area contributed by atoms with Gasteiger partial charge in [-0.3, -0.25) is 19.2 Å². The van der Waals surface area contributed by atoms with Gasteiger partial charge >= 0.3 is 0 Å². The fourth-order valence-electron chi connectivity index (χ4n) is 3.51. The Morgan fingerprint density at radius 2 is 1.83 bits per heavy atom. The van der Waals surface area contributed by atoms with Gasteiger partial charge in [-0.15, -0.1) is 0 Å². The molecule has 2 aromatic rings. The number of hydrogen-bond donors (Lipinski definition) is 0. The topological polar surface area (TPSA) is 41.4 Å². The molecule has 5 heteroatoms. The van der Waals surface area contributed by atoms with Gasteiger partial charge in [-0.2, -0.15) is 0 Å².